The van der Waals surface area contributed by atoms with Gasteiger partial charge in [0.15, 0.2) is 0 Å². The van der Waals surface area contributed by atoms with Crippen molar-refractivity contribution in [3.8, 4) is 11.1 Å². The van der Waals surface area contributed by atoms with Gasteiger partial charge >= 0.3 is 36.2 Å². The number of fused-ring (bicyclic) bond motifs is 2. The summed E-state index contributed by atoms with van der Waals surface area (Å²) in [6.45, 7) is 0. The molecule has 4 rings (SSSR count). The van der Waals surface area contributed by atoms with E-state index < -0.39 is 0 Å². The summed E-state index contributed by atoms with van der Waals surface area (Å²) in [5.41, 5.74) is 2.61. The molecular weight excluding hydrogens is 274 g/mol. The molecule has 0 aliphatic carbocycles. The van der Waals surface area contributed by atoms with E-state index in [0.29, 0.717) is 0 Å². The minimum Gasteiger partial charge on any atom is -1.00 e. The van der Waals surface area contributed by atoms with Gasteiger partial charge in [-0.25, -0.2) is 0 Å². The second-order valence-corrected chi connectivity index (χ2v) is 5.05. The van der Waals surface area contributed by atoms with Crippen LogP contribution in [-0.4, -0.2) is 17.4 Å². The summed E-state index contributed by atoms with van der Waals surface area (Å²) >= 11 is 0. The van der Waals surface area contributed by atoms with Crippen LogP contribution >= 0.6 is 0 Å². The van der Waals surface area contributed by atoms with E-state index in [-0.39, 0.29) is 41.9 Å². The Morgan fingerprint density at radius 3 is 1.27 bits per heavy atom. The first-order chi connectivity index (χ1) is 9.93. The molecule has 0 aliphatic rings. The van der Waals surface area contributed by atoms with Crippen molar-refractivity contribution in [3.63, 3.8) is 0 Å². The van der Waals surface area contributed by atoms with E-state index in [1.54, 1.807) is 0 Å². The van der Waals surface area contributed by atoms with Crippen molar-refractivity contribution >= 4 is 38.9 Å². The molecule has 0 saturated carbocycles. The average Bonchev–Trinajstić information content (AvgIpc) is 2.54. The summed E-state index contributed by atoms with van der Waals surface area (Å²) in [6, 6.07) is 30.2. The van der Waals surface area contributed by atoms with Gasteiger partial charge in [0.25, 0.3) is 0 Å². The summed E-state index contributed by atoms with van der Waals surface area (Å²) in [6.07, 6.45) is 0. The Kier molecular flexibility index (Phi) is 5.52. The second-order valence-electron chi connectivity index (χ2n) is 5.05. The van der Waals surface area contributed by atoms with Crippen LogP contribution in [0.15, 0.2) is 84.9 Å². The standard InChI is InChI=1S/C20H14.Al.Li.4H/c1-3-11-17-15(7-1)9-5-13-19(17)20-14-6-10-16-8-2-4-12-18(16)20;;;;;;/h1-14H;;;;;;/q;+3;+1;4*-1. The number of hydrogen-bond donors (Lipinski definition) is 0. The zero-order valence-corrected chi connectivity index (χ0v) is 13.8. The maximum absolute atomic E-state index is 2.21. The van der Waals surface area contributed by atoms with E-state index in [4.69, 9.17) is 0 Å². The summed E-state index contributed by atoms with van der Waals surface area (Å²) in [5.74, 6) is 0. The average molecular weight is 292 g/mol. The van der Waals surface area contributed by atoms with Crippen molar-refractivity contribution in [2.75, 3.05) is 0 Å². The molecule has 0 unspecified atom stereocenters. The van der Waals surface area contributed by atoms with Crippen LogP contribution < -0.4 is 18.9 Å². The largest absolute Gasteiger partial charge is 3.00 e. The van der Waals surface area contributed by atoms with Crippen molar-refractivity contribution in [1.29, 1.82) is 0 Å². The van der Waals surface area contributed by atoms with Crippen molar-refractivity contribution < 1.29 is 24.6 Å². The van der Waals surface area contributed by atoms with Gasteiger partial charge in [-0.3, -0.25) is 0 Å². The maximum atomic E-state index is 2.21. The molecule has 22 heavy (non-hydrogen) atoms. The first kappa shape index (κ1) is 16.9. The minimum absolute atomic E-state index is 0. The van der Waals surface area contributed by atoms with E-state index in [1.165, 1.54) is 32.7 Å². The number of hydrogen-bond acceptors (Lipinski definition) is 0. The molecule has 0 fully saturated rings. The molecule has 0 atom stereocenters. The molecule has 0 spiro atoms. The van der Waals surface area contributed by atoms with Gasteiger partial charge in [-0.2, -0.15) is 0 Å². The van der Waals surface area contributed by atoms with Crippen LogP contribution in [0, 0.1) is 0 Å². The van der Waals surface area contributed by atoms with Crippen LogP contribution in [0.1, 0.15) is 5.71 Å². The van der Waals surface area contributed by atoms with Gasteiger partial charge in [0, 0.05) is 0 Å². The Labute approximate surface area is 159 Å². The first-order valence-electron chi connectivity index (χ1n) is 6.89. The molecule has 0 aromatic heterocycles. The van der Waals surface area contributed by atoms with Crippen molar-refractivity contribution in [2.24, 2.45) is 0 Å². The fourth-order valence-electron chi connectivity index (χ4n) is 2.92. The van der Waals surface area contributed by atoms with Crippen molar-refractivity contribution in [1.82, 2.24) is 0 Å². The molecule has 4 aromatic rings. The molecule has 2 heteroatoms. The number of benzene rings is 4. The van der Waals surface area contributed by atoms with Crippen molar-refractivity contribution in [2.45, 2.75) is 0 Å². The zero-order chi connectivity index (χ0) is 13.4. The molecule has 0 heterocycles. The summed E-state index contributed by atoms with van der Waals surface area (Å²) in [5, 5.41) is 5.20. The van der Waals surface area contributed by atoms with Gasteiger partial charge in [0.1, 0.15) is 0 Å². The minimum atomic E-state index is 0. The quantitative estimate of drug-likeness (QED) is 0.473. The summed E-state index contributed by atoms with van der Waals surface area (Å²) in [4.78, 5) is 0. The molecule has 0 saturated heterocycles. The normalized spacial score (nSPS) is 10.0. The van der Waals surface area contributed by atoms with E-state index in [1.807, 2.05) is 0 Å². The van der Waals surface area contributed by atoms with Crippen LogP contribution in [0.3, 0.4) is 0 Å². The zero-order valence-electron chi connectivity index (χ0n) is 16.7. The first-order valence-corrected chi connectivity index (χ1v) is 6.89. The third kappa shape index (κ3) is 2.87. The Balaban J connectivity index is -0.000000882. The van der Waals surface area contributed by atoms with Crippen LogP contribution in [0.5, 0.6) is 0 Å². The fraction of sp³-hybridized carbons (Fsp3) is 0. The third-order valence-electron chi connectivity index (χ3n) is 3.87. The predicted octanol–water partition coefficient (Wildman–Crippen LogP) is 2.73. The van der Waals surface area contributed by atoms with Crippen molar-refractivity contribution in [3.05, 3.63) is 84.9 Å². The molecule has 0 N–H and O–H groups in total. The maximum Gasteiger partial charge on any atom is 3.00 e. The van der Waals surface area contributed by atoms with Gasteiger partial charge in [0.05, 0.1) is 0 Å². The van der Waals surface area contributed by atoms with Crippen LogP contribution in [0.4, 0.5) is 0 Å². The molecule has 102 valence electrons. The second kappa shape index (κ2) is 7.19. The predicted molar refractivity (Wildman–Crippen MR) is 97.1 cm³/mol. The van der Waals surface area contributed by atoms with Gasteiger partial charge < -0.3 is 5.71 Å². The van der Waals surface area contributed by atoms with Crippen LogP contribution in [0.2, 0.25) is 0 Å². The Morgan fingerprint density at radius 2 is 0.818 bits per heavy atom. The van der Waals surface area contributed by atoms with Gasteiger partial charge in [0.2, 0.25) is 0 Å². The topological polar surface area (TPSA) is 0 Å². The van der Waals surface area contributed by atoms with E-state index in [9.17, 15) is 0 Å². The number of rotatable bonds is 1. The van der Waals surface area contributed by atoms with E-state index in [0.717, 1.165) is 0 Å². The van der Waals surface area contributed by atoms with Crippen LogP contribution in [0.25, 0.3) is 32.7 Å². The molecule has 0 nitrogen and oxygen atoms in total. The van der Waals surface area contributed by atoms with Crippen LogP contribution in [-0.2, 0) is 0 Å². The van der Waals surface area contributed by atoms with Gasteiger partial charge in [-0.05, 0) is 32.7 Å². The van der Waals surface area contributed by atoms with E-state index in [2.05, 4.69) is 84.9 Å². The summed E-state index contributed by atoms with van der Waals surface area (Å²) < 4.78 is 0. The van der Waals surface area contributed by atoms with E-state index >= 15 is 0 Å². The Bertz CT molecular complexity index is 843. The Hall–Kier alpha value is -1.47. The van der Waals surface area contributed by atoms with Gasteiger partial charge in [-0.15, -0.1) is 0 Å². The molecule has 0 bridgehead atoms. The SMILES string of the molecule is [Al+3].[H-].[H-].[H-].[H-].[Li+].c1ccc2c(-c3cccc4ccccc34)cccc2c1. The molecular formula is C20H18AlLi. The fourth-order valence-corrected chi connectivity index (χ4v) is 2.92. The molecule has 0 amide bonds. The summed E-state index contributed by atoms with van der Waals surface area (Å²) in [7, 11) is 0. The molecule has 4 aromatic carbocycles. The monoisotopic (exact) mass is 292 g/mol. The Morgan fingerprint density at radius 1 is 0.455 bits per heavy atom. The molecule has 0 radical (unpaired) electrons. The smallest absolute Gasteiger partial charge is 1.00 e. The molecule has 0 aliphatic heterocycles. The van der Waals surface area contributed by atoms with Gasteiger partial charge in [-0.1, -0.05) is 84.9 Å². The third-order valence-corrected chi connectivity index (χ3v) is 3.87.